The van der Waals surface area contributed by atoms with Crippen LogP contribution in [0.3, 0.4) is 0 Å². The molecule has 3 nitrogen and oxygen atoms in total. The Morgan fingerprint density at radius 3 is 2.75 bits per heavy atom. The van der Waals surface area contributed by atoms with E-state index >= 15 is 0 Å². The molecule has 0 fully saturated rings. The second kappa shape index (κ2) is 4.85. The summed E-state index contributed by atoms with van der Waals surface area (Å²) in [6.45, 7) is 0.767. The highest BCUT2D eigenvalue weighted by atomic mass is 19.1. The van der Waals surface area contributed by atoms with Gasteiger partial charge < -0.3 is 9.84 Å². The molecule has 0 atom stereocenters. The van der Waals surface area contributed by atoms with Gasteiger partial charge in [-0.1, -0.05) is 11.2 Å². The topological polar surface area (TPSA) is 38.1 Å². The lowest BCUT2D eigenvalue weighted by molar-refractivity contribution is 0.372. The molecule has 1 aromatic carbocycles. The third-order valence-corrected chi connectivity index (χ3v) is 2.12. The molecule has 2 aromatic rings. The summed E-state index contributed by atoms with van der Waals surface area (Å²) >= 11 is 0. The quantitative estimate of drug-likeness (QED) is 0.865. The first-order valence-electron chi connectivity index (χ1n) is 4.80. The third-order valence-electron chi connectivity index (χ3n) is 2.12. The lowest BCUT2D eigenvalue weighted by atomic mass is 10.2. The van der Waals surface area contributed by atoms with E-state index in [-0.39, 0.29) is 0 Å². The molecule has 0 saturated heterocycles. The number of benzene rings is 1. The Labute approximate surface area is 91.1 Å². The summed E-state index contributed by atoms with van der Waals surface area (Å²) in [5.41, 5.74) is 0.418. The third kappa shape index (κ3) is 2.64. The molecular weight excluding hydrogens is 214 g/mol. The molecule has 0 bridgehead atoms. The molecule has 0 unspecified atom stereocenters. The summed E-state index contributed by atoms with van der Waals surface area (Å²) < 4.78 is 30.7. The van der Waals surface area contributed by atoms with Gasteiger partial charge in [-0.3, -0.25) is 0 Å². The minimum Gasteiger partial charge on any atom is -0.360 e. The van der Waals surface area contributed by atoms with Crippen LogP contribution in [-0.4, -0.2) is 5.16 Å². The van der Waals surface area contributed by atoms with E-state index in [1.165, 1.54) is 18.3 Å². The van der Waals surface area contributed by atoms with E-state index in [4.69, 9.17) is 4.52 Å². The second-order valence-corrected chi connectivity index (χ2v) is 3.32. The van der Waals surface area contributed by atoms with Crippen LogP contribution < -0.4 is 5.32 Å². The van der Waals surface area contributed by atoms with Crippen LogP contribution in [0, 0.1) is 11.6 Å². The summed E-state index contributed by atoms with van der Waals surface area (Å²) in [6.07, 6.45) is 1.54. The maximum absolute atomic E-state index is 13.2. The number of halogens is 2. The van der Waals surface area contributed by atoms with Gasteiger partial charge in [0.2, 0.25) is 0 Å². The molecule has 0 aliphatic carbocycles. The standard InChI is InChI=1S/C11H10F2N2O/c12-9-2-1-8(11(13)5-9)6-14-7-10-3-4-15-16-10/h1-5,14H,6-7H2. The fourth-order valence-electron chi connectivity index (χ4n) is 1.32. The van der Waals surface area contributed by atoms with E-state index in [2.05, 4.69) is 10.5 Å². The first kappa shape index (κ1) is 10.8. The Morgan fingerprint density at radius 1 is 1.19 bits per heavy atom. The van der Waals surface area contributed by atoms with Gasteiger partial charge in [0.25, 0.3) is 0 Å². The van der Waals surface area contributed by atoms with Gasteiger partial charge in [-0.2, -0.15) is 0 Å². The molecule has 0 spiro atoms. The van der Waals surface area contributed by atoms with E-state index in [0.29, 0.717) is 24.4 Å². The molecule has 0 saturated carbocycles. The Hall–Kier alpha value is -1.75. The number of nitrogens with zero attached hydrogens (tertiary/aromatic N) is 1. The molecule has 2 rings (SSSR count). The minimum atomic E-state index is -0.573. The molecule has 1 heterocycles. The first-order chi connectivity index (χ1) is 7.75. The first-order valence-corrected chi connectivity index (χ1v) is 4.80. The van der Waals surface area contributed by atoms with E-state index in [1.54, 1.807) is 6.07 Å². The van der Waals surface area contributed by atoms with E-state index in [1.807, 2.05) is 0 Å². The van der Waals surface area contributed by atoms with Crippen molar-refractivity contribution < 1.29 is 13.3 Å². The molecule has 1 aromatic heterocycles. The van der Waals surface area contributed by atoms with Gasteiger partial charge >= 0.3 is 0 Å². The molecule has 84 valence electrons. The summed E-state index contributed by atoms with van der Waals surface area (Å²) in [6, 6.07) is 5.23. The van der Waals surface area contributed by atoms with E-state index < -0.39 is 11.6 Å². The van der Waals surface area contributed by atoms with Crippen molar-refractivity contribution in [3.8, 4) is 0 Å². The predicted molar refractivity (Wildman–Crippen MR) is 53.4 cm³/mol. The number of hydrogen-bond acceptors (Lipinski definition) is 3. The summed E-state index contributed by atoms with van der Waals surface area (Å²) in [7, 11) is 0. The van der Waals surface area contributed by atoms with Crippen molar-refractivity contribution in [2.24, 2.45) is 0 Å². The number of hydrogen-bond donors (Lipinski definition) is 1. The lowest BCUT2D eigenvalue weighted by Gasteiger charge is -2.04. The zero-order valence-corrected chi connectivity index (χ0v) is 8.41. The highest BCUT2D eigenvalue weighted by molar-refractivity contribution is 5.18. The van der Waals surface area contributed by atoms with Crippen LogP contribution in [0.1, 0.15) is 11.3 Å². The van der Waals surface area contributed by atoms with Crippen molar-refractivity contribution in [3.63, 3.8) is 0 Å². The Kier molecular flexibility index (Phi) is 3.26. The monoisotopic (exact) mass is 224 g/mol. The highest BCUT2D eigenvalue weighted by Gasteiger charge is 2.03. The fraction of sp³-hybridized carbons (Fsp3) is 0.182. The molecule has 1 N–H and O–H groups in total. The Bertz CT molecular complexity index is 457. The number of rotatable bonds is 4. The van der Waals surface area contributed by atoms with Crippen LogP contribution in [0.2, 0.25) is 0 Å². The van der Waals surface area contributed by atoms with Gasteiger partial charge in [0.05, 0.1) is 12.7 Å². The SMILES string of the molecule is Fc1ccc(CNCc2ccno2)c(F)c1. The molecule has 0 amide bonds. The van der Waals surface area contributed by atoms with Crippen LogP contribution in [-0.2, 0) is 13.1 Å². The maximum atomic E-state index is 13.2. The molecule has 16 heavy (non-hydrogen) atoms. The molecule has 0 aliphatic heterocycles. The Balaban J connectivity index is 1.90. The highest BCUT2D eigenvalue weighted by Crippen LogP contribution is 2.09. The van der Waals surface area contributed by atoms with Crippen molar-refractivity contribution in [1.29, 1.82) is 0 Å². The molecule has 5 heteroatoms. The minimum absolute atomic E-state index is 0.312. The molecular formula is C11H10F2N2O. The van der Waals surface area contributed by atoms with E-state index in [9.17, 15) is 8.78 Å². The van der Waals surface area contributed by atoms with E-state index in [0.717, 1.165) is 6.07 Å². The van der Waals surface area contributed by atoms with Gasteiger partial charge in [0.1, 0.15) is 17.4 Å². The van der Waals surface area contributed by atoms with Crippen LogP contribution in [0.25, 0.3) is 0 Å². The van der Waals surface area contributed by atoms with Gasteiger partial charge in [0.15, 0.2) is 0 Å². The Morgan fingerprint density at radius 2 is 2.06 bits per heavy atom. The molecule has 0 aliphatic rings. The van der Waals surface area contributed by atoms with Gasteiger partial charge in [-0.15, -0.1) is 0 Å². The van der Waals surface area contributed by atoms with Crippen molar-refractivity contribution in [3.05, 3.63) is 53.4 Å². The van der Waals surface area contributed by atoms with Crippen LogP contribution >= 0.6 is 0 Å². The predicted octanol–water partition coefficient (Wildman–Crippen LogP) is 2.24. The molecule has 0 radical (unpaired) electrons. The average molecular weight is 224 g/mol. The van der Waals surface area contributed by atoms with Crippen molar-refractivity contribution in [2.45, 2.75) is 13.1 Å². The van der Waals surface area contributed by atoms with Gasteiger partial charge in [0, 0.05) is 24.2 Å². The van der Waals surface area contributed by atoms with Crippen LogP contribution in [0.15, 0.2) is 35.0 Å². The van der Waals surface area contributed by atoms with Crippen molar-refractivity contribution >= 4 is 0 Å². The van der Waals surface area contributed by atoms with Crippen molar-refractivity contribution in [2.75, 3.05) is 0 Å². The number of aromatic nitrogens is 1. The largest absolute Gasteiger partial charge is 0.360 e. The van der Waals surface area contributed by atoms with Gasteiger partial charge in [-0.25, -0.2) is 8.78 Å². The second-order valence-electron chi connectivity index (χ2n) is 3.32. The normalized spacial score (nSPS) is 10.6. The van der Waals surface area contributed by atoms with Crippen LogP contribution in [0.4, 0.5) is 8.78 Å². The maximum Gasteiger partial charge on any atom is 0.150 e. The fourth-order valence-corrected chi connectivity index (χ4v) is 1.32. The van der Waals surface area contributed by atoms with Gasteiger partial charge in [-0.05, 0) is 6.07 Å². The smallest absolute Gasteiger partial charge is 0.150 e. The summed E-state index contributed by atoms with van der Waals surface area (Å²) in [5, 5.41) is 6.51. The summed E-state index contributed by atoms with van der Waals surface area (Å²) in [5.74, 6) is -0.455. The van der Waals surface area contributed by atoms with Crippen LogP contribution in [0.5, 0.6) is 0 Å². The summed E-state index contributed by atoms with van der Waals surface area (Å²) in [4.78, 5) is 0. The zero-order valence-electron chi connectivity index (χ0n) is 8.41. The zero-order chi connectivity index (χ0) is 11.4. The number of nitrogens with one attached hydrogen (secondary N) is 1. The average Bonchev–Trinajstić information content (AvgIpc) is 2.74. The lowest BCUT2D eigenvalue weighted by Crippen LogP contribution is -2.13. The van der Waals surface area contributed by atoms with Crippen molar-refractivity contribution in [1.82, 2.24) is 10.5 Å².